The van der Waals surface area contributed by atoms with Gasteiger partial charge in [-0.25, -0.2) is 0 Å². The molecule has 0 radical (unpaired) electrons. The van der Waals surface area contributed by atoms with Crippen molar-refractivity contribution in [2.45, 2.75) is 141 Å². The highest BCUT2D eigenvalue weighted by Crippen LogP contribution is 2.26. The Morgan fingerprint density at radius 3 is 1.64 bits per heavy atom. The van der Waals surface area contributed by atoms with Crippen molar-refractivity contribution in [2.75, 3.05) is 6.61 Å². The minimum Gasteiger partial charge on any atom is -0.394 e. The Balaban J connectivity index is 2.28. The van der Waals surface area contributed by atoms with Crippen molar-refractivity contribution in [1.29, 1.82) is 0 Å². The van der Waals surface area contributed by atoms with Crippen molar-refractivity contribution in [3.05, 3.63) is 0 Å². The second-order valence-corrected chi connectivity index (χ2v) is 8.43. The maximum atomic E-state index is 10.1. The van der Waals surface area contributed by atoms with Gasteiger partial charge in [0, 0.05) is 0 Å². The van der Waals surface area contributed by atoms with Crippen molar-refractivity contribution in [2.24, 2.45) is 0 Å². The first kappa shape index (κ1) is 25.8. The third-order valence-electron chi connectivity index (χ3n) is 5.83. The van der Waals surface area contributed by atoms with Crippen LogP contribution in [0.2, 0.25) is 0 Å². The average molecular weight is 403 g/mol. The van der Waals surface area contributed by atoms with Crippen LogP contribution in [0.5, 0.6) is 0 Å². The van der Waals surface area contributed by atoms with Gasteiger partial charge in [-0.1, -0.05) is 97.3 Å². The summed E-state index contributed by atoms with van der Waals surface area (Å²) in [5.74, 6) is 0. The molecule has 1 fully saturated rings. The fraction of sp³-hybridized carbons (Fsp3) is 1.00. The number of aliphatic hydroxyl groups is 3. The summed E-state index contributed by atoms with van der Waals surface area (Å²) in [6.45, 7) is 4.15. The van der Waals surface area contributed by atoms with E-state index in [1.165, 1.54) is 70.6 Å². The van der Waals surface area contributed by atoms with E-state index in [-0.39, 0.29) is 12.7 Å². The third-order valence-corrected chi connectivity index (χ3v) is 5.83. The molecule has 1 aliphatic heterocycles. The Morgan fingerprint density at radius 1 is 0.714 bits per heavy atom. The lowest BCUT2D eigenvalue weighted by molar-refractivity contribution is -0.196. The van der Waals surface area contributed by atoms with Gasteiger partial charge in [0.05, 0.1) is 12.7 Å². The van der Waals surface area contributed by atoms with E-state index in [0.29, 0.717) is 0 Å². The molecule has 3 N–H and O–H groups in total. The van der Waals surface area contributed by atoms with Gasteiger partial charge in [-0.15, -0.1) is 0 Å². The Labute approximate surface area is 172 Å². The average Bonchev–Trinajstić information content (AvgIpc) is 2.97. The fourth-order valence-corrected chi connectivity index (χ4v) is 3.93. The van der Waals surface area contributed by atoms with E-state index in [0.717, 1.165) is 25.7 Å². The van der Waals surface area contributed by atoms with Gasteiger partial charge in [0.1, 0.15) is 18.3 Å². The minimum absolute atomic E-state index is 0.0469. The van der Waals surface area contributed by atoms with Gasteiger partial charge in [0.15, 0.2) is 6.29 Å². The van der Waals surface area contributed by atoms with Crippen molar-refractivity contribution in [3.8, 4) is 0 Å². The molecule has 5 nitrogen and oxygen atoms in total. The molecular formula is C23H46O5. The number of rotatable bonds is 18. The highest BCUT2D eigenvalue weighted by atomic mass is 16.7. The standard InChI is InChI=1S/C23H46O5/c1-3-5-7-9-10-11-12-13-15-17-19(16-14-8-6-4-2)27-23-22(26)21(25)20(18-24)28-23/h19-26H,3-18H2,1-2H3/t19?,20-,21+,22-,23?/m1/s1. The maximum absolute atomic E-state index is 10.1. The van der Waals surface area contributed by atoms with Crippen LogP contribution in [-0.2, 0) is 9.47 Å². The molecule has 2 unspecified atom stereocenters. The summed E-state index contributed by atoms with van der Waals surface area (Å²) in [5.41, 5.74) is 0. The summed E-state index contributed by atoms with van der Waals surface area (Å²) in [5, 5.41) is 29.3. The molecule has 0 saturated carbocycles. The second kappa shape index (κ2) is 16.6. The summed E-state index contributed by atoms with van der Waals surface area (Å²) in [4.78, 5) is 0. The van der Waals surface area contributed by atoms with Crippen molar-refractivity contribution < 1.29 is 24.8 Å². The van der Waals surface area contributed by atoms with Gasteiger partial charge in [-0.05, 0) is 12.8 Å². The largest absolute Gasteiger partial charge is 0.394 e. The zero-order chi connectivity index (χ0) is 20.6. The van der Waals surface area contributed by atoms with Crippen molar-refractivity contribution in [1.82, 2.24) is 0 Å². The molecule has 5 atom stereocenters. The molecule has 0 amide bonds. The van der Waals surface area contributed by atoms with Crippen LogP contribution >= 0.6 is 0 Å². The summed E-state index contributed by atoms with van der Waals surface area (Å²) in [6.07, 6.45) is 14.7. The number of hydrogen-bond acceptors (Lipinski definition) is 5. The first-order valence-electron chi connectivity index (χ1n) is 11.9. The van der Waals surface area contributed by atoms with Crippen molar-refractivity contribution >= 4 is 0 Å². The van der Waals surface area contributed by atoms with E-state index < -0.39 is 24.6 Å². The minimum atomic E-state index is -1.08. The molecule has 0 spiro atoms. The zero-order valence-electron chi connectivity index (χ0n) is 18.4. The Kier molecular flexibility index (Phi) is 15.3. The van der Waals surface area contributed by atoms with Gasteiger partial charge in [-0.2, -0.15) is 0 Å². The second-order valence-electron chi connectivity index (χ2n) is 8.43. The van der Waals surface area contributed by atoms with Gasteiger partial charge < -0.3 is 24.8 Å². The lowest BCUT2D eigenvalue weighted by Crippen LogP contribution is -2.36. The Hall–Kier alpha value is -0.200. The first-order chi connectivity index (χ1) is 13.6. The monoisotopic (exact) mass is 402 g/mol. The van der Waals surface area contributed by atoms with Crippen LogP contribution in [0, 0.1) is 0 Å². The molecule has 1 heterocycles. The summed E-state index contributed by atoms with van der Waals surface area (Å²) in [6, 6.07) is 0. The highest BCUT2D eigenvalue weighted by Gasteiger charge is 2.43. The van der Waals surface area contributed by atoms with Crippen LogP contribution in [0.25, 0.3) is 0 Å². The SMILES string of the molecule is CCCCCCCCCCCC(CCCCCC)OC1O[C@H](CO)[C@H](O)[C@H]1O. The van der Waals surface area contributed by atoms with E-state index >= 15 is 0 Å². The molecule has 5 heteroatoms. The number of aliphatic hydroxyl groups excluding tert-OH is 3. The fourth-order valence-electron chi connectivity index (χ4n) is 3.93. The normalized spacial score (nSPS) is 26.0. The molecule has 28 heavy (non-hydrogen) atoms. The molecule has 0 aromatic carbocycles. The lowest BCUT2D eigenvalue weighted by atomic mass is 10.0. The van der Waals surface area contributed by atoms with E-state index in [2.05, 4.69) is 13.8 Å². The first-order valence-corrected chi connectivity index (χ1v) is 11.9. The number of unbranched alkanes of at least 4 members (excludes halogenated alkanes) is 11. The summed E-state index contributed by atoms with van der Waals surface area (Å²) >= 11 is 0. The molecule has 1 aliphatic rings. The van der Waals surface area contributed by atoms with Crippen LogP contribution in [0.1, 0.15) is 110 Å². The van der Waals surface area contributed by atoms with E-state index in [4.69, 9.17) is 9.47 Å². The predicted molar refractivity (Wildman–Crippen MR) is 113 cm³/mol. The van der Waals surface area contributed by atoms with Crippen molar-refractivity contribution in [3.63, 3.8) is 0 Å². The molecule has 0 aromatic heterocycles. The van der Waals surface area contributed by atoms with Gasteiger partial charge in [0.25, 0.3) is 0 Å². The Bertz CT molecular complexity index is 352. The topological polar surface area (TPSA) is 79.2 Å². The third kappa shape index (κ3) is 10.5. The zero-order valence-corrected chi connectivity index (χ0v) is 18.4. The van der Waals surface area contributed by atoms with E-state index in [9.17, 15) is 15.3 Å². The number of hydrogen-bond donors (Lipinski definition) is 3. The quantitative estimate of drug-likeness (QED) is 0.290. The van der Waals surface area contributed by atoms with E-state index in [1.807, 2.05) is 0 Å². The predicted octanol–water partition coefficient (Wildman–Crippen LogP) is 4.70. The maximum Gasteiger partial charge on any atom is 0.186 e. The Morgan fingerprint density at radius 2 is 1.18 bits per heavy atom. The molecule has 1 rings (SSSR count). The smallest absolute Gasteiger partial charge is 0.186 e. The van der Waals surface area contributed by atoms with Crippen LogP contribution in [-0.4, -0.2) is 52.6 Å². The highest BCUT2D eigenvalue weighted by molar-refractivity contribution is 4.86. The van der Waals surface area contributed by atoms with Crippen LogP contribution in [0.3, 0.4) is 0 Å². The van der Waals surface area contributed by atoms with E-state index in [1.54, 1.807) is 0 Å². The summed E-state index contributed by atoms with van der Waals surface area (Å²) < 4.78 is 11.5. The molecule has 0 aliphatic carbocycles. The molecule has 0 bridgehead atoms. The molecule has 168 valence electrons. The van der Waals surface area contributed by atoms with Gasteiger partial charge >= 0.3 is 0 Å². The molecule has 0 aromatic rings. The molecule has 1 saturated heterocycles. The van der Waals surface area contributed by atoms with Crippen LogP contribution < -0.4 is 0 Å². The van der Waals surface area contributed by atoms with Gasteiger partial charge in [0.2, 0.25) is 0 Å². The van der Waals surface area contributed by atoms with Crippen LogP contribution in [0.15, 0.2) is 0 Å². The summed E-state index contributed by atoms with van der Waals surface area (Å²) in [7, 11) is 0. The van der Waals surface area contributed by atoms with Gasteiger partial charge in [-0.3, -0.25) is 0 Å². The van der Waals surface area contributed by atoms with Crippen LogP contribution in [0.4, 0.5) is 0 Å². The molecular weight excluding hydrogens is 356 g/mol. The lowest BCUT2D eigenvalue weighted by Gasteiger charge is -2.24. The number of ether oxygens (including phenoxy) is 2.